The summed E-state index contributed by atoms with van der Waals surface area (Å²) in [7, 11) is 2.08. The molecule has 1 aromatic rings. The van der Waals surface area contributed by atoms with Crippen molar-refractivity contribution in [1.82, 2.24) is 9.88 Å². The fourth-order valence-corrected chi connectivity index (χ4v) is 3.36. The molecular weight excluding hydrogens is 278 g/mol. The van der Waals surface area contributed by atoms with Crippen LogP contribution in [0.3, 0.4) is 0 Å². The van der Waals surface area contributed by atoms with Crippen LogP contribution in [0.5, 0.6) is 0 Å². The van der Waals surface area contributed by atoms with Crippen LogP contribution in [0, 0.1) is 0 Å². The number of carboxylic acid groups (broad SMARTS) is 1. The zero-order chi connectivity index (χ0) is 15.0. The second-order valence-corrected chi connectivity index (χ2v) is 6.28. The standard InChI is InChI=1S/C13H19N3O3S/c1-7-5-16(6-8(2)15(7)4)13-14-10(12(18)19)11(20-13)9(3)17/h7-8H,5-6H2,1-4H3,(H,18,19). The van der Waals surface area contributed by atoms with Gasteiger partial charge in [0.25, 0.3) is 0 Å². The summed E-state index contributed by atoms with van der Waals surface area (Å²) in [5.74, 6) is -1.39. The first-order chi connectivity index (χ1) is 9.31. The first kappa shape index (κ1) is 14.9. The number of carbonyl (C=O) groups is 2. The first-order valence-electron chi connectivity index (χ1n) is 6.53. The number of hydrogen-bond acceptors (Lipinski definition) is 6. The predicted molar refractivity (Wildman–Crippen MR) is 78.0 cm³/mol. The molecule has 1 N–H and O–H groups in total. The van der Waals surface area contributed by atoms with Gasteiger partial charge in [0.1, 0.15) is 4.88 Å². The minimum atomic E-state index is -1.15. The molecule has 110 valence electrons. The molecule has 2 unspecified atom stereocenters. The molecule has 0 spiro atoms. The van der Waals surface area contributed by atoms with Crippen LogP contribution in [0.15, 0.2) is 0 Å². The monoisotopic (exact) mass is 297 g/mol. The number of likely N-dealkylation sites (N-methyl/N-ethyl adjacent to an activating group) is 1. The van der Waals surface area contributed by atoms with Gasteiger partial charge in [-0.05, 0) is 20.9 Å². The average Bonchev–Trinajstić information content (AvgIpc) is 2.80. The molecule has 1 saturated heterocycles. The highest BCUT2D eigenvalue weighted by Crippen LogP contribution is 2.29. The van der Waals surface area contributed by atoms with E-state index in [2.05, 4.69) is 35.7 Å². The number of carbonyl (C=O) groups excluding carboxylic acids is 1. The van der Waals surface area contributed by atoms with Gasteiger partial charge in [-0.2, -0.15) is 0 Å². The summed E-state index contributed by atoms with van der Waals surface area (Å²) in [5, 5.41) is 9.76. The summed E-state index contributed by atoms with van der Waals surface area (Å²) in [6, 6.07) is 0.716. The fourth-order valence-electron chi connectivity index (χ4n) is 2.39. The lowest BCUT2D eigenvalue weighted by molar-refractivity contribution is 0.0687. The Morgan fingerprint density at radius 3 is 2.25 bits per heavy atom. The van der Waals surface area contributed by atoms with E-state index in [1.54, 1.807) is 0 Å². The lowest BCUT2D eigenvalue weighted by Crippen LogP contribution is -2.55. The summed E-state index contributed by atoms with van der Waals surface area (Å²) in [6.45, 7) is 7.19. The highest BCUT2D eigenvalue weighted by Gasteiger charge is 2.30. The van der Waals surface area contributed by atoms with Crippen LogP contribution < -0.4 is 4.90 Å². The van der Waals surface area contributed by atoms with Gasteiger partial charge >= 0.3 is 5.97 Å². The maximum absolute atomic E-state index is 11.5. The third-order valence-electron chi connectivity index (χ3n) is 3.77. The quantitative estimate of drug-likeness (QED) is 0.854. The van der Waals surface area contributed by atoms with Crippen LogP contribution in [0.2, 0.25) is 0 Å². The summed E-state index contributed by atoms with van der Waals surface area (Å²) in [5.41, 5.74) is -0.128. The summed E-state index contributed by atoms with van der Waals surface area (Å²) < 4.78 is 0. The number of rotatable bonds is 3. The van der Waals surface area contributed by atoms with Gasteiger partial charge in [0.2, 0.25) is 0 Å². The van der Waals surface area contributed by atoms with Crippen LogP contribution in [0.4, 0.5) is 5.13 Å². The molecule has 0 radical (unpaired) electrons. The van der Waals surface area contributed by atoms with E-state index in [4.69, 9.17) is 5.11 Å². The van der Waals surface area contributed by atoms with Gasteiger partial charge in [-0.25, -0.2) is 9.78 Å². The molecule has 0 bridgehead atoms. The van der Waals surface area contributed by atoms with Crippen molar-refractivity contribution in [2.45, 2.75) is 32.9 Å². The highest BCUT2D eigenvalue weighted by molar-refractivity contribution is 7.17. The average molecular weight is 297 g/mol. The molecule has 1 aliphatic heterocycles. The van der Waals surface area contributed by atoms with Crippen molar-refractivity contribution in [2.24, 2.45) is 0 Å². The van der Waals surface area contributed by atoms with E-state index in [1.807, 2.05) is 0 Å². The fraction of sp³-hybridized carbons (Fsp3) is 0.615. The minimum absolute atomic E-state index is 0.128. The predicted octanol–water partition coefficient (Wildman–Crippen LogP) is 1.57. The molecular formula is C13H19N3O3S. The zero-order valence-corrected chi connectivity index (χ0v) is 12.9. The number of aromatic nitrogens is 1. The van der Waals surface area contributed by atoms with Gasteiger partial charge in [0.15, 0.2) is 16.6 Å². The van der Waals surface area contributed by atoms with Gasteiger partial charge in [-0.1, -0.05) is 11.3 Å². The number of nitrogens with zero attached hydrogens (tertiary/aromatic N) is 3. The maximum Gasteiger partial charge on any atom is 0.356 e. The molecule has 1 fully saturated rings. The van der Waals surface area contributed by atoms with E-state index in [0.29, 0.717) is 17.2 Å². The Morgan fingerprint density at radius 1 is 1.30 bits per heavy atom. The Labute approximate surface area is 122 Å². The molecule has 1 aromatic heterocycles. The number of hydrogen-bond donors (Lipinski definition) is 1. The molecule has 0 aromatic carbocycles. The zero-order valence-electron chi connectivity index (χ0n) is 12.1. The van der Waals surface area contributed by atoms with E-state index in [1.165, 1.54) is 18.3 Å². The summed E-state index contributed by atoms with van der Waals surface area (Å²) in [4.78, 5) is 31.4. The van der Waals surface area contributed by atoms with Gasteiger partial charge in [0.05, 0.1) is 0 Å². The first-order valence-corrected chi connectivity index (χ1v) is 7.34. The molecule has 20 heavy (non-hydrogen) atoms. The van der Waals surface area contributed by atoms with Crippen LogP contribution in [-0.4, -0.2) is 59.0 Å². The molecule has 7 heteroatoms. The number of carboxylic acids is 1. The molecule has 6 nitrogen and oxygen atoms in total. The van der Waals surface area contributed by atoms with Crippen molar-refractivity contribution in [1.29, 1.82) is 0 Å². The molecule has 2 heterocycles. The second-order valence-electron chi connectivity index (χ2n) is 5.30. The smallest absolute Gasteiger partial charge is 0.356 e. The maximum atomic E-state index is 11.5. The Balaban J connectivity index is 2.32. The number of ketones is 1. The van der Waals surface area contributed by atoms with E-state index in [-0.39, 0.29) is 16.4 Å². The molecule has 0 saturated carbocycles. The van der Waals surface area contributed by atoms with Crippen LogP contribution in [0.1, 0.15) is 40.9 Å². The summed E-state index contributed by atoms with van der Waals surface area (Å²) >= 11 is 1.17. The minimum Gasteiger partial charge on any atom is -0.476 e. The van der Waals surface area contributed by atoms with Crippen molar-refractivity contribution < 1.29 is 14.7 Å². The second kappa shape index (κ2) is 5.49. The van der Waals surface area contributed by atoms with Gasteiger partial charge in [-0.15, -0.1) is 0 Å². The number of thiazole rings is 1. The lowest BCUT2D eigenvalue weighted by atomic mass is 10.1. The Kier molecular flexibility index (Phi) is 4.10. The van der Waals surface area contributed by atoms with Crippen molar-refractivity contribution in [3.63, 3.8) is 0 Å². The van der Waals surface area contributed by atoms with Crippen LogP contribution in [-0.2, 0) is 0 Å². The highest BCUT2D eigenvalue weighted by atomic mass is 32.1. The molecule has 0 amide bonds. The SMILES string of the molecule is CC(=O)c1sc(N2CC(C)N(C)C(C)C2)nc1C(=O)O. The van der Waals surface area contributed by atoms with Gasteiger partial charge in [0, 0.05) is 32.1 Å². The number of aromatic carboxylic acids is 1. The Hall–Kier alpha value is -1.47. The van der Waals surface area contributed by atoms with Crippen molar-refractivity contribution in [2.75, 3.05) is 25.0 Å². The third kappa shape index (κ3) is 2.69. The van der Waals surface area contributed by atoms with E-state index in [9.17, 15) is 9.59 Å². The number of anilines is 1. The largest absolute Gasteiger partial charge is 0.476 e. The Bertz CT molecular complexity index is 499. The van der Waals surface area contributed by atoms with E-state index >= 15 is 0 Å². The van der Waals surface area contributed by atoms with Gasteiger partial charge in [-0.3, -0.25) is 9.69 Å². The van der Waals surface area contributed by atoms with Gasteiger partial charge < -0.3 is 10.0 Å². The number of Topliss-reactive ketones (excluding diaryl/α,β-unsaturated/α-hetero) is 1. The van der Waals surface area contributed by atoms with E-state index in [0.717, 1.165) is 13.1 Å². The lowest BCUT2D eigenvalue weighted by Gasteiger charge is -2.42. The third-order valence-corrected chi connectivity index (χ3v) is 4.99. The molecule has 1 aliphatic rings. The molecule has 0 aliphatic carbocycles. The normalized spacial score (nSPS) is 23.9. The Morgan fingerprint density at radius 2 is 1.85 bits per heavy atom. The number of piperazine rings is 1. The molecule has 2 atom stereocenters. The molecule has 2 rings (SSSR count). The van der Waals surface area contributed by atoms with Crippen LogP contribution in [0.25, 0.3) is 0 Å². The topological polar surface area (TPSA) is 73.7 Å². The van der Waals surface area contributed by atoms with Crippen molar-refractivity contribution >= 4 is 28.2 Å². The van der Waals surface area contributed by atoms with Crippen molar-refractivity contribution in [3.05, 3.63) is 10.6 Å². The summed E-state index contributed by atoms with van der Waals surface area (Å²) in [6.07, 6.45) is 0. The van der Waals surface area contributed by atoms with Crippen molar-refractivity contribution in [3.8, 4) is 0 Å². The van der Waals surface area contributed by atoms with E-state index < -0.39 is 5.97 Å². The van der Waals surface area contributed by atoms with Crippen LogP contribution >= 0.6 is 11.3 Å².